The molecule has 1 aromatic heterocycles. The molecule has 0 spiro atoms. The maximum absolute atomic E-state index is 9.62. The van der Waals surface area contributed by atoms with Crippen LogP contribution in [0.25, 0.3) is 5.69 Å². The molecule has 2 rings (SSSR count). The number of aliphatic hydroxyl groups is 3. The fourth-order valence-corrected chi connectivity index (χ4v) is 1.42. The number of carbonyl (C=O) groups is 3. The van der Waals surface area contributed by atoms with E-state index in [0.717, 1.165) is 26.5 Å². The predicted octanol–water partition coefficient (Wildman–Crippen LogP) is -0.0734. The van der Waals surface area contributed by atoms with Gasteiger partial charge < -0.3 is 30.6 Å². The van der Waals surface area contributed by atoms with Crippen molar-refractivity contribution in [3.63, 3.8) is 0 Å². The van der Waals surface area contributed by atoms with Crippen molar-refractivity contribution in [2.75, 3.05) is 6.61 Å². The van der Waals surface area contributed by atoms with E-state index in [1.807, 2.05) is 30.3 Å². The zero-order valence-electron chi connectivity index (χ0n) is 16.1. The summed E-state index contributed by atoms with van der Waals surface area (Å²) in [6.07, 6.45) is -0.979. The molecule has 2 aromatic rings. The molecule has 0 bridgehead atoms. The second-order valence-electron chi connectivity index (χ2n) is 5.18. The van der Waals surface area contributed by atoms with Crippen molar-refractivity contribution < 1.29 is 45.0 Å². The second-order valence-corrected chi connectivity index (χ2v) is 5.18. The molecule has 0 aliphatic rings. The van der Waals surface area contributed by atoms with Crippen molar-refractivity contribution >= 4 is 17.9 Å². The molecular formula is C17H25N3O9. The van der Waals surface area contributed by atoms with Gasteiger partial charge in [-0.2, -0.15) is 0 Å². The summed E-state index contributed by atoms with van der Waals surface area (Å²) in [6.45, 7) is 2.72. The monoisotopic (exact) mass is 415 g/mol. The smallest absolute Gasteiger partial charge is 0.300 e. The topological polar surface area (TPSA) is 203 Å². The van der Waals surface area contributed by atoms with Gasteiger partial charge in [0.15, 0.2) is 0 Å². The van der Waals surface area contributed by atoms with Crippen LogP contribution >= 0.6 is 0 Å². The Morgan fingerprint density at radius 3 is 1.72 bits per heavy atom. The van der Waals surface area contributed by atoms with Crippen molar-refractivity contribution in [3.05, 3.63) is 42.2 Å². The summed E-state index contributed by atoms with van der Waals surface area (Å²) in [7, 11) is 0. The van der Waals surface area contributed by atoms with E-state index in [1.54, 1.807) is 0 Å². The van der Waals surface area contributed by atoms with E-state index in [4.69, 9.17) is 34.8 Å². The third kappa shape index (κ3) is 16.5. The van der Waals surface area contributed by atoms with Crippen LogP contribution in [0.5, 0.6) is 0 Å². The Balaban J connectivity index is 0. The minimum Gasteiger partial charge on any atom is -0.481 e. The Morgan fingerprint density at radius 1 is 0.931 bits per heavy atom. The Hall–Kier alpha value is -3.35. The number of aliphatic hydroxyl groups excluding tert-OH is 3. The van der Waals surface area contributed by atoms with Crippen LogP contribution in [0.4, 0.5) is 0 Å². The summed E-state index contributed by atoms with van der Waals surface area (Å²) in [6, 6.07) is 9.28. The fraction of sp³-hybridized carbons (Fsp3) is 0.353. The summed E-state index contributed by atoms with van der Waals surface area (Å²) in [5.41, 5.74) is 1.02. The van der Waals surface area contributed by atoms with Gasteiger partial charge in [-0.15, -0.1) is 5.10 Å². The molecule has 2 unspecified atom stereocenters. The molecule has 29 heavy (non-hydrogen) atoms. The number of benzene rings is 1. The van der Waals surface area contributed by atoms with Crippen molar-refractivity contribution in [1.29, 1.82) is 0 Å². The summed E-state index contributed by atoms with van der Waals surface area (Å²) >= 11 is 0. The standard InChI is InChI=1S/C11H13N3O3.3C2H4O2/c15-7-10(16)11(17)9-6-14(13-12-9)8-4-2-1-3-5-8;3*1-2(3)4/h1-6,10-11,15-17H,7H2;3*1H3,(H,3,4). The SMILES string of the molecule is CC(=O)O.CC(=O)O.CC(=O)O.OCC(O)C(O)c1cn(-c2ccccc2)nn1. The molecule has 6 N–H and O–H groups in total. The van der Waals surface area contributed by atoms with Gasteiger partial charge in [-0.05, 0) is 12.1 Å². The number of hydrogen-bond donors (Lipinski definition) is 6. The van der Waals surface area contributed by atoms with E-state index in [1.165, 1.54) is 10.9 Å². The molecule has 1 heterocycles. The van der Waals surface area contributed by atoms with E-state index < -0.39 is 36.7 Å². The first-order valence-corrected chi connectivity index (χ1v) is 7.95. The minimum absolute atomic E-state index is 0.218. The first-order valence-electron chi connectivity index (χ1n) is 7.95. The molecule has 2 atom stereocenters. The number of rotatable bonds is 4. The van der Waals surface area contributed by atoms with Crippen LogP contribution in [0, 0.1) is 0 Å². The molecule has 0 saturated heterocycles. The lowest BCUT2D eigenvalue weighted by Gasteiger charge is -2.11. The largest absolute Gasteiger partial charge is 0.481 e. The van der Waals surface area contributed by atoms with Crippen LogP contribution in [0.1, 0.15) is 32.6 Å². The van der Waals surface area contributed by atoms with Crippen molar-refractivity contribution in [2.24, 2.45) is 0 Å². The second kappa shape index (κ2) is 15.7. The minimum atomic E-state index is -1.25. The number of carboxylic acid groups (broad SMARTS) is 3. The number of nitrogens with zero attached hydrogens (tertiary/aromatic N) is 3. The highest BCUT2D eigenvalue weighted by Crippen LogP contribution is 2.15. The maximum Gasteiger partial charge on any atom is 0.300 e. The number of hydrogen-bond acceptors (Lipinski definition) is 8. The summed E-state index contributed by atoms with van der Waals surface area (Å²) in [5, 5.41) is 57.5. The highest BCUT2D eigenvalue weighted by atomic mass is 16.4. The molecule has 0 radical (unpaired) electrons. The average molecular weight is 415 g/mol. The van der Waals surface area contributed by atoms with Gasteiger partial charge in [0.1, 0.15) is 17.9 Å². The van der Waals surface area contributed by atoms with Gasteiger partial charge in [-0.25, -0.2) is 4.68 Å². The Labute approximate surface area is 166 Å². The highest BCUT2D eigenvalue weighted by Gasteiger charge is 2.20. The van der Waals surface area contributed by atoms with E-state index in [0.29, 0.717) is 0 Å². The third-order valence-electron chi connectivity index (χ3n) is 2.39. The Bertz CT molecular complexity index is 694. The van der Waals surface area contributed by atoms with E-state index in [-0.39, 0.29) is 5.69 Å². The summed E-state index contributed by atoms with van der Waals surface area (Å²) in [4.78, 5) is 27.0. The van der Waals surface area contributed by atoms with Crippen molar-refractivity contribution in [3.8, 4) is 5.69 Å². The van der Waals surface area contributed by atoms with Crippen LogP contribution in [0.2, 0.25) is 0 Å². The van der Waals surface area contributed by atoms with Gasteiger partial charge in [-0.1, -0.05) is 23.4 Å². The average Bonchev–Trinajstić information content (AvgIpc) is 3.10. The molecule has 162 valence electrons. The normalized spacial score (nSPS) is 11.1. The zero-order valence-corrected chi connectivity index (χ0v) is 16.1. The highest BCUT2D eigenvalue weighted by molar-refractivity contribution is 5.63. The van der Waals surface area contributed by atoms with Gasteiger partial charge in [0.25, 0.3) is 17.9 Å². The van der Waals surface area contributed by atoms with Crippen molar-refractivity contribution in [2.45, 2.75) is 33.0 Å². The first-order chi connectivity index (χ1) is 13.4. The molecule has 0 fully saturated rings. The summed E-state index contributed by atoms with van der Waals surface area (Å²) in [5.74, 6) is -2.50. The molecule has 0 aliphatic carbocycles. The molecule has 12 nitrogen and oxygen atoms in total. The number of aliphatic carboxylic acids is 3. The van der Waals surface area contributed by atoms with Gasteiger partial charge in [-0.3, -0.25) is 14.4 Å². The van der Waals surface area contributed by atoms with Crippen LogP contribution < -0.4 is 0 Å². The lowest BCUT2D eigenvalue weighted by molar-refractivity contribution is -0.135. The molecule has 1 aromatic carbocycles. The molecular weight excluding hydrogens is 390 g/mol. The Kier molecular flexibility index (Phi) is 15.1. The van der Waals surface area contributed by atoms with Crippen LogP contribution in [-0.4, -0.2) is 76.3 Å². The van der Waals surface area contributed by atoms with Crippen LogP contribution in [-0.2, 0) is 14.4 Å². The molecule has 0 amide bonds. The fourth-order valence-electron chi connectivity index (χ4n) is 1.42. The number of para-hydroxylation sites is 1. The molecule has 0 aliphatic heterocycles. The summed E-state index contributed by atoms with van der Waals surface area (Å²) < 4.78 is 1.49. The first kappa shape index (κ1) is 27.9. The van der Waals surface area contributed by atoms with Crippen molar-refractivity contribution in [1.82, 2.24) is 15.0 Å². The Morgan fingerprint density at radius 2 is 1.34 bits per heavy atom. The zero-order chi connectivity index (χ0) is 23.0. The molecule has 12 heteroatoms. The van der Waals surface area contributed by atoms with Gasteiger partial charge in [0, 0.05) is 20.8 Å². The molecule has 0 saturated carbocycles. The van der Waals surface area contributed by atoms with Gasteiger partial charge in [0.05, 0.1) is 18.5 Å². The lowest BCUT2D eigenvalue weighted by atomic mass is 10.1. The van der Waals surface area contributed by atoms with Gasteiger partial charge >= 0.3 is 0 Å². The lowest BCUT2D eigenvalue weighted by Crippen LogP contribution is -2.22. The quantitative estimate of drug-likeness (QED) is 0.390. The van der Waals surface area contributed by atoms with Gasteiger partial charge in [0.2, 0.25) is 0 Å². The van der Waals surface area contributed by atoms with E-state index in [2.05, 4.69) is 10.3 Å². The number of aromatic nitrogens is 3. The maximum atomic E-state index is 9.62. The van der Waals surface area contributed by atoms with E-state index in [9.17, 15) is 10.2 Å². The van der Waals surface area contributed by atoms with E-state index >= 15 is 0 Å². The van der Waals surface area contributed by atoms with Crippen LogP contribution in [0.15, 0.2) is 36.5 Å². The predicted molar refractivity (Wildman–Crippen MR) is 99.3 cm³/mol. The number of carboxylic acids is 3. The van der Waals surface area contributed by atoms with Crippen LogP contribution in [0.3, 0.4) is 0 Å². The third-order valence-corrected chi connectivity index (χ3v) is 2.39.